The van der Waals surface area contributed by atoms with Gasteiger partial charge in [-0.05, 0) is 51.7 Å². The van der Waals surface area contributed by atoms with E-state index in [0.29, 0.717) is 6.04 Å². The molecule has 2 aromatic heterocycles. The third kappa shape index (κ3) is 3.58. The Labute approximate surface area is 155 Å². The lowest BCUT2D eigenvalue weighted by molar-refractivity contribution is -0.103. The quantitative estimate of drug-likeness (QED) is 0.884. The number of anilines is 1. The molecule has 0 aromatic carbocycles. The topological polar surface area (TPSA) is 59.9 Å². The summed E-state index contributed by atoms with van der Waals surface area (Å²) in [6, 6.07) is 4.33. The molecule has 1 saturated carbocycles. The highest BCUT2D eigenvalue weighted by Gasteiger charge is 2.38. The van der Waals surface area contributed by atoms with Crippen molar-refractivity contribution in [1.29, 1.82) is 0 Å². The molecular weight excluding hydrogens is 324 g/mol. The van der Waals surface area contributed by atoms with Gasteiger partial charge in [0.1, 0.15) is 5.82 Å². The van der Waals surface area contributed by atoms with Crippen molar-refractivity contribution in [2.24, 2.45) is 0 Å². The van der Waals surface area contributed by atoms with Crippen molar-refractivity contribution in [2.45, 2.75) is 70.4 Å². The molecule has 1 aliphatic heterocycles. The molecule has 1 N–H and O–H groups in total. The van der Waals surface area contributed by atoms with Gasteiger partial charge < -0.3 is 10.1 Å². The fourth-order valence-corrected chi connectivity index (χ4v) is 4.29. The van der Waals surface area contributed by atoms with E-state index in [0.717, 1.165) is 47.9 Å². The molecule has 0 amide bonds. The van der Waals surface area contributed by atoms with E-state index in [-0.39, 0.29) is 5.60 Å². The van der Waals surface area contributed by atoms with Crippen molar-refractivity contribution in [2.75, 3.05) is 11.9 Å². The zero-order valence-corrected chi connectivity index (χ0v) is 15.8. The zero-order chi connectivity index (χ0) is 18.0. The Morgan fingerprint density at radius 2 is 1.85 bits per heavy atom. The summed E-state index contributed by atoms with van der Waals surface area (Å²) in [5, 5.41) is 3.72. The van der Waals surface area contributed by atoms with E-state index in [1.807, 2.05) is 12.1 Å². The van der Waals surface area contributed by atoms with Gasteiger partial charge in [-0.2, -0.15) is 0 Å². The van der Waals surface area contributed by atoms with Crippen LogP contribution < -0.4 is 5.32 Å². The summed E-state index contributed by atoms with van der Waals surface area (Å²) in [6.45, 7) is 5.00. The van der Waals surface area contributed by atoms with Crippen LogP contribution in [0.15, 0.2) is 24.5 Å². The van der Waals surface area contributed by atoms with Crippen LogP contribution in [0.1, 0.15) is 56.2 Å². The van der Waals surface area contributed by atoms with Crippen LogP contribution in [-0.2, 0) is 4.74 Å². The summed E-state index contributed by atoms with van der Waals surface area (Å²) in [6.07, 6.45) is 12.0. The molecule has 26 heavy (non-hydrogen) atoms. The van der Waals surface area contributed by atoms with Crippen molar-refractivity contribution in [3.8, 4) is 11.4 Å². The fourth-order valence-electron chi connectivity index (χ4n) is 4.29. The number of rotatable bonds is 3. The maximum Gasteiger partial charge on any atom is 0.161 e. The average molecular weight is 352 g/mol. The molecule has 5 nitrogen and oxygen atoms in total. The van der Waals surface area contributed by atoms with Crippen molar-refractivity contribution < 1.29 is 4.74 Å². The van der Waals surface area contributed by atoms with Gasteiger partial charge in [0, 0.05) is 41.9 Å². The number of nitrogens with zero attached hydrogens (tertiary/aromatic N) is 3. The highest BCUT2D eigenvalue weighted by Crippen LogP contribution is 2.39. The minimum atomic E-state index is 0.0953. The lowest BCUT2D eigenvalue weighted by Gasteiger charge is -2.43. The van der Waals surface area contributed by atoms with Gasteiger partial charge in [-0.25, -0.2) is 9.97 Å². The van der Waals surface area contributed by atoms with Crippen LogP contribution in [0.5, 0.6) is 0 Å². The van der Waals surface area contributed by atoms with Gasteiger partial charge >= 0.3 is 0 Å². The summed E-state index contributed by atoms with van der Waals surface area (Å²) in [5.74, 6) is 1.72. The molecule has 138 valence electrons. The van der Waals surface area contributed by atoms with Gasteiger partial charge in [0.15, 0.2) is 5.82 Å². The van der Waals surface area contributed by atoms with Crippen LogP contribution in [0.25, 0.3) is 11.4 Å². The van der Waals surface area contributed by atoms with Crippen molar-refractivity contribution >= 4 is 5.82 Å². The number of ether oxygens (including phenoxy) is 1. The summed E-state index contributed by atoms with van der Waals surface area (Å²) in [5.41, 5.74) is 3.25. The van der Waals surface area contributed by atoms with Crippen LogP contribution in [0.2, 0.25) is 0 Å². The van der Waals surface area contributed by atoms with E-state index in [1.165, 1.54) is 32.1 Å². The normalized spacial score (nSPS) is 22.3. The molecule has 0 radical (unpaired) electrons. The predicted molar refractivity (Wildman–Crippen MR) is 103 cm³/mol. The molecule has 4 rings (SSSR count). The number of hydrogen-bond donors (Lipinski definition) is 1. The summed E-state index contributed by atoms with van der Waals surface area (Å²) in [7, 11) is 0. The molecule has 2 aliphatic rings. The Hall–Kier alpha value is -2.01. The zero-order valence-electron chi connectivity index (χ0n) is 15.8. The van der Waals surface area contributed by atoms with Crippen molar-refractivity contribution in [3.63, 3.8) is 0 Å². The minimum absolute atomic E-state index is 0.0953. The van der Waals surface area contributed by atoms with Crippen LogP contribution in [0.4, 0.5) is 5.82 Å². The predicted octanol–water partition coefficient (Wildman–Crippen LogP) is 4.45. The SMILES string of the molecule is Cc1nc(-c2ccncc2)nc(NC2CCOC3(CCCCC3)C2)c1C. The van der Waals surface area contributed by atoms with E-state index in [9.17, 15) is 0 Å². The Kier molecular flexibility index (Phi) is 4.90. The first kappa shape index (κ1) is 17.4. The lowest BCUT2D eigenvalue weighted by atomic mass is 9.78. The molecule has 5 heteroatoms. The fraction of sp³-hybridized carbons (Fsp3) is 0.571. The van der Waals surface area contributed by atoms with E-state index in [2.05, 4.69) is 29.1 Å². The van der Waals surface area contributed by atoms with Crippen LogP contribution in [-0.4, -0.2) is 33.2 Å². The lowest BCUT2D eigenvalue weighted by Crippen LogP contribution is -2.45. The molecule has 1 aliphatic carbocycles. The smallest absolute Gasteiger partial charge is 0.161 e. The van der Waals surface area contributed by atoms with Crippen molar-refractivity contribution in [3.05, 3.63) is 35.8 Å². The van der Waals surface area contributed by atoms with E-state index in [4.69, 9.17) is 9.72 Å². The van der Waals surface area contributed by atoms with Gasteiger partial charge in [0.2, 0.25) is 0 Å². The van der Waals surface area contributed by atoms with E-state index < -0.39 is 0 Å². The molecule has 1 unspecified atom stereocenters. The highest BCUT2D eigenvalue weighted by atomic mass is 16.5. The second kappa shape index (κ2) is 7.31. The average Bonchev–Trinajstić information content (AvgIpc) is 2.67. The van der Waals surface area contributed by atoms with Gasteiger partial charge in [-0.3, -0.25) is 4.98 Å². The first-order chi connectivity index (χ1) is 12.7. The second-order valence-electron chi connectivity index (χ2n) is 7.77. The molecule has 0 bridgehead atoms. The molecule has 2 fully saturated rings. The van der Waals surface area contributed by atoms with Crippen LogP contribution in [0, 0.1) is 13.8 Å². The third-order valence-corrected chi connectivity index (χ3v) is 5.93. The molecule has 3 heterocycles. The first-order valence-corrected chi connectivity index (χ1v) is 9.81. The largest absolute Gasteiger partial charge is 0.375 e. The van der Waals surface area contributed by atoms with E-state index in [1.54, 1.807) is 12.4 Å². The number of pyridine rings is 1. The summed E-state index contributed by atoms with van der Waals surface area (Å²) < 4.78 is 6.24. The molecular formula is C21H28N4O. The second-order valence-corrected chi connectivity index (χ2v) is 7.77. The number of aryl methyl sites for hydroxylation is 1. The maximum atomic E-state index is 6.24. The molecule has 1 saturated heterocycles. The Balaban J connectivity index is 1.56. The Morgan fingerprint density at radius 3 is 2.62 bits per heavy atom. The molecule has 1 atom stereocenters. The molecule has 2 aromatic rings. The van der Waals surface area contributed by atoms with E-state index >= 15 is 0 Å². The highest BCUT2D eigenvalue weighted by molar-refractivity contribution is 5.59. The number of aromatic nitrogens is 3. The third-order valence-electron chi connectivity index (χ3n) is 5.93. The van der Waals surface area contributed by atoms with Gasteiger partial charge in [0.25, 0.3) is 0 Å². The maximum absolute atomic E-state index is 6.24. The van der Waals surface area contributed by atoms with Gasteiger partial charge in [-0.1, -0.05) is 19.3 Å². The van der Waals surface area contributed by atoms with Gasteiger partial charge in [0.05, 0.1) is 5.60 Å². The Morgan fingerprint density at radius 1 is 1.08 bits per heavy atom. The number of hydrogen-bond acceptors (Lipinski definition) is 5. The van der Waals surface area contributed by atoms with Crippen molar-refractivity contribution in [1.82, 2.24) is 15.0 Å². The van der Waals surface area contributed by atoms with Crippen LogP contribution in [0.3, 0.4) is 0 Å². The summed E-state index contributed by atoms with van der Waals surface area (Å²) >= 11 is 0. The van der Waals surface area contributed by atoms with Crippen LogP contribution >= 0.6 is 0 Å². The Bertz CT molecular complexity index is 751. The summed E-state index contributed by atoms with van der Waals surface area (Å²) in [4.78, 5) is 13.6. The molecule has 1 spiro atoms. The monoisotopic (exact) mass is 352 g/mol. The minimum Gasteiger partial charge on any atom is -0.375 e. The van der Waals surface area contributed by atoms with Gasteiger partial charge in [-0.15, -0.1) is 0 Å². The number of nitrogens with one attached hydrogen (secondary N) is 1. The standard InChI is InChI=1S/C21H28N4O/c1-15-16(2)23-20(17-6-11-22-12-7-17)25-19(15)24-18-8-13-26-21(14-18)9-4-3-5-10-21/h6-7,11-12,18H,3-5,8-10,13-14H2,1-2H3,(H,23,24,25). The first-order valence-electron chi connectivity index (χ1n) is 9.81.